The smallest absolute Gasteiger partial charge is 0.327 e. The van der Waals surface area contributed by atoms with Gasteiger partial charge in [0.05, 0.1) is 0 Å². The molecule has 1 unspecified atom stereocenters. The second kappa shape index (κ2) is 6.51. The van der Waals surface area contributed by atoms with Gasteiger partial charge >= 0.3 is 12.0 Å². The number of nitrogens with zero attached hydrogens (tertiary/aromatic N) is 1. The van der Waals surface area contributed by atoms with Crippen LogP contribution >= 0.6 is 0 Å². The Labute approximate surface area is 95.1 Å². The highest BCUT2D eigenvalue weighted by Crippen LogP contribution is 1.96. The second-order valence-electron chi connectivity index (χ2n) is 3.56. The average Bonchev–Trinajstić information content (AvgIpc) is 2.15. The molecule has 0 saturated carbocycles. The predicted molar refractivity (Wildman–Crippen MR) is 60.8 cm³/mol. The summed E-state index contributed by atoms with van der Waals surface area (Å²) in [5.74, 6) is 1.06. The van der Waals surface area contributed by atoms with Crippen LogP contribution in [0.1, 0.15) is 13.3 Å². The van der Waals surface area contributed by atoms with E-state index < -0.39 is 18.0 Å². The van der Waals surface area contributed by atoms with Crippen LogP contribution in [0.25, 0.3) is 0 Å². The molecule has 2 N–H and O–H groups in total. The lowest BCUT2D eigenvalue weighted by Crippen LogP contribution is -2.46. The summed E-state index contributed by atoms with van der Waals surface area (Å²) < 4.78 is 0. The number of urea groups is 1. The summed E-state index contributed by atoms with van der Waals surface area (Å²) in [6, 6.07) is -1.53. The van der Waals surface area contributed by atoms with Crippen LogP contribution < -0.4 is 5.32 Å². The van der Waals surface area contributed by atoms with Gasteiger partial charge in [-0.25, -0.2) is 9.59 Å². The van der Waals surface area contributed by atoms with Gasteiger partial charge in [-0.3, -0.25) is 0 Å². The van der Waals surface area contributed by atoms with Gasteiger partial charge in [0.1, 0.15) is 6.04 Å². The maximum absolute atomic E-state index is 11.5. The van der Waals surface area contributed by atoms with Crippen molar-refractivity contribution in [2.45, 2.75) is 19.4 Å². The van der Waals surface area contributed by atoms with E-state index in [2.05, 4.69) is 17.8 Å². The van der Waals surface area contributed by atoms with Gasteiger partial charge in [-0.15, -0.1) is 12.3 Å². The molecule has 0 aromatic rings. The summed E-state index contributed by atoms with van der Waals surface area (Å²) in [6.07, 6.45) is 4.97. The topological polar surface area (TPSA) is 69.6 Å². The molecule has 0 aliphatic rings. The fourth-order valence-electron chi connectivity index (χ4n) is 1.05. The van der Waals surface area contributed by atoms with Gasteiger partial charge in [-0.1, -0.05) is 12.2 Å². The van der Waals surface area contributed by atoms with Gasteiger partial charge in [-0.2, -0.15) is 0 Å². The Morgan fingerprint density at radius 3 is 2.56 bits per heavy atom. The zero-order valence-corrected chi connectivity index (χ0v) is 9.49. The third-order valence-electron chi connectivity index (χ3n) is 1.77. The average molecular weight is 224 g/mol. The van der Waals surface area contributed by atoms with Crippen molar-refractivity contribution in [2.75, 3.05) is 13.6 Å². The Bertz CT molecular complexity index is 331. The van der Waals surface area contributed by atoms with Crippen molar-refractivity contribution in [1.82, 2.24) is 10.2 Å². The minimum absolute atomic E-state index is 0.0397. The number of carbonyl (C=O) groups is 2. The molecule has 0 spiro atoms. The number of carboxylic acids is 1. The summed E-state index contributed by atoms with van der Waals surface area (Å²) >= 11 is 0. The highest BCUT2D eigenvalue weighted by Gasteiger charge is 2.20. The van der Waals surface area contributed by atoms with Crippen molar-refractivity contribution in [3.05, 3.63) is 12.2 Å². The van der Waals surface area contributed by atoms with Crippen LogP contribution in [0.5, 0.6) is 0 Å². The van der Waals surface area contributed by atoms with Crippen molar-refractivity contribution in [2.24, 2.45) is 0 Å². The highest BCUT2D eigenvalue weighted by atomic mass is 16.4. The zero-order valence-electron chi connectivity index (χ0n) is 9.49. The van der Waals surface area contributed by atoms with Crippen molar-refractivity contribution in [3.63, 3.8) is 0 Å². The van der Waals surface area contributed by atoms with E-state index in [-0.39, 0.29) is 6.42 Å². The number of hydrogen-bond acceptors (Lipinski definition) is 2. The minimum atomic E-state index is -1.14. The van der Waals surface area contributed by atoms with Gasteiger partial charge in [-0.05, 0) is 6.92 Å². The molecule has 5 nitrogen and oxygen atoms in total. The predicted octanol–water partition coefficient (Wildman–Crippen LogP) is 0.680. The van der Waals surface area contributed by atoms with Gasteiger partial charge < -0.3 is 15.3 Å². The third kappa shape index (κ3) is 5.05. The van der Waals surface area contributed by atoms with Crippen LogP contribution in [0.15, 0.2) is 12.2 Å². The van der Waals surface area contributed by atoms with E-state index in [1.165, 1.54) is 4.90 Å². The molecule has 0 rings (SSSR count). The molecule has 5 heteroatoms. The quantitative estimate of drug-likeness (QED) is 0.533. The molecule has 0 fully saturated rings. The van der Waals surface area contributed by atoms with Gasteiger partial charge in [0, 0.05) is 20.0 Å². The maximum Gasteiger partial charge on any atom is 0.327 e. The summed E-state index contributed by atoms with van der Waals surface area (Å²) in [7, 11) is 1.55. The van der Waals surface area contributed by atoms with E-state index in [9.17, 15) is 9.59 Å². The molecule has 0 heterocycles. The van der Waals surface area contributed by atoms with Crippen LogP contribution in [0.4, 0.5) is 4.79 Å². The maximum atomic E-state index is 11.5. The molecule has 0 aliphatic heterocycles. The molecule has 1 atom stereocenters. The van der Waals surface area contributed by atoms with E-state index in [4.69, 9.17) is 11.5 Å². The van der Waals surface area contributed by atoms with Crippen LogP contribution in [0, 0.1) is 12.3 Å². The number of hydrogen-bond donors (Lipinski definition) is 2. The van der Waals surface area contributed by atoms with E-state index in [0.717, 1.165) is 5.57 Å². The van der Waals surface area contributed by atoms with Gasteiger partial charge in [0.25, 0.3) is 0 Å². The molecule has 2 amide bonds. The number of carbonyl (C=O) groups excluding carboxylic acids is 1. The number of likely N-dealkylation sites (N-methyl/N-ethyl adjacent to an activating group) is 1. The van der Waals surface area contributed by atoms with Crippen LogP contribution in [0.3, 0.4) is 0 Å². The molecule has 0 aromatic carbocycles. The first-order valence-electron chi connectivity index (χ1n) is 4.70. The van der Waals surface area contributed by atoms with Crippen LogP contribution in [-0.2, 0) is 4.79 Å². The van der Waals surface area contributed by atoms with Crippen molar-refractivity contribution < 1.29 is 14.7 Å². The summed E-state index contributed by atoms with van der Waals surface area (Å²) in [5.41, 5.74) is 0.807. The lowest BCUT2D eigenvalue weighted by atomic mass is 10.2. The molecular weight excluding hydrogens is 208 g/mol. The molecule has 88 valence electrons. The third-order valence-corrected chi connectivity index (χ3v) is 1.77. The molecule has 0 radical (unpaired) electrons. The number of terminal acetylenes is 1. The fourth-order valence-corrected chi connectivity index (χ4v) is 1.05. The Hall–Kier alpha value is -1.96. The first kappa shape index (κ1) is 14.0. The summed E-state index contributed by atoms with van der Waals surface area (Å²) in [5, 5.41) is 11.1. The van der Waals surface area contributed by atoms with E-state index in [1.54, 1.807) is 14.0 Å². The lowest BCUT2D eigenvalue weighted by molar-refractivity contribution is -0.139. The SMILES string of the molecule is C#CCC(NC(=O)N(C)CC(=C)C)C(=O)O. The number of amides is 2. The van der Waals surface area contributed by atoms with E-state index >= 15 is 0 Å². The molecule has 0 bridgehead atoms. The molecule has 0 aromatic heterocycles. The molecule has 0 saturated heterocycles. The highest BCUT2D eigenvalue weighted by molar-refractivity contribution is 5.82. The number of nitrogens with one attached hydrogen (secondary N) is 1. The van der Waals surface area contributed by atoms with Crippen molar-refractivity contribution in [1.29, 1.82) is 0 Å². The van der Waals surface area contributed by atoms with Crippen molar-refractivity contribution >= 4 is 12.0 Å². The van der Waals surface area contributed by atoms with Crippen molar-refractivity contribution in [3.8, 4) is 12.3 Å². The normalized spacial score (nSPS) is 11.1. The summed E-state index contributed by atoms with van der Waals surface area (Å²) in [4.78, 5) is 23.6. The summed E-state index contributed by atoms with van der Waals surface area (Å²) in [6.45, 7) is 5.80. The Kier molecular flexibility index (Phi) is 5.71. The van der Waals surface area contributed by atoms with Crippen LogP contribution in [0.2, 0.25) is 0 Å². The van der Waals surface area contributed by atoms with E-state index in [0.29, 0.717) is 6.54 Å². The number of carboxylic acid groups (broad SMARTS) is 1. The Balaban J connectivity index is 4.35. The molecule has 0 aliphatic carbocycles. The standard InChI is InChI=1S/C11H16N2O3/c1-5-6-9(10(14)15)12-11(16)13(4)7-8(2)3/h1,9H,2,6-7H2,3-4H3,(H,12,16)(H,14,15). The number of rotatable bonds is 5. The minimum Gasteiger partial charge on any atom is -0.480 e. The first-order valence-corrected chi connectivity index (χ1v) is 4.70. The Morgan fingerprint density at radius 2 is 2.19 bits per heavy atom. The largest absolute Gasteiger partial charge is 0.480 e. The zero-order chi connectivity index (χ0) is 12.7. The molecular formula is C11H16N2O3. The first-order chi connectivity index (χ1) is 7.38. The van der Waals surface area contributed by atoms with Gasteiger partial charge in [0.15, 0.2) is 0 Å². The number of aliphatic carboxylic acids is 1. The lowest BCUT2D eigenvalue weighted by Gasteiger charge is -2.20. The monoisotopic (exact) mass is 224 g/mol. The van der Waals surface area contributed by atoms with Gasteiger partial charge in [0.2, 0.25) is 0 Å². The Morgan fingerprint density at radius 1 is 1.62 bits per heavy atom. The fraction of sp³-hybridized carbons (Fsp3) is 0.455. The van der Waals surface area contributed by atoms with Crippen LogP contribution in [-0.4, -0.2) is 41.6 Å². The second-order valence-corrected chi connectivity index (χ2v) is 3.56. The molecule has 16 heavy (non-hydrogen) atoms. The van der Waals surface area contributed by atoms with E-state index in [1.807, 2.05) is 0 Å².